The Kier molecular flexibility index (Phi) is 2.90. The maximum Gasteiger partial charge on any atom is 0.144 e. The summed E-state index contributed by atoms with van der Waals surface area (Å²) in [4.78, 5) is 4.44. The van der Waals surface area contributed by atoms with Gasteiger partial charge in [0.15, 0.2) is 0 Å². The zero-order chi connectivity index (χ0) is 16.9. The van der Waals surface area contributed by atoms with Gasteiger partial charge >= 0.3 is 0 Å². The molecule has 4 aromatic rings. The molecular formula is C20H16FNO. The number of para-hydroxylation sites is 1. The lowest BCUT2D eigenvalue weighted by Gasteiger charge is -2.07. The van der Waals surface area contributed by atoms with Crippen LogP contribution >= 0.6 is 0 Å². The zero-order valence-corrected chi connectivity index (χ0v) is 12.9. The molecule has 2 heterocycles. The number of pyridine rings is 1. The second-order valence-electron chi connectivity index (χ2n) is 5.85. The van der Waals surface area contributed by atoms with E-state index in [1.165, 1.54) is 12.1 Å². The number of benzene rings is 2. The highest BCUT2D eigenvalue weighted by atomic mass is 19.1. The standard InChI is InChI=1S/C20H16FNO/c1-12(2)13-8-9-22-18(10-13)17-5-3-4-16-15-7-6-14(21)11-19(15)23-20(16)17/h3-12H,1-2H3/i12D. The molecule has 0 aliphatic carbocycles. The second kappa shape index (κ2) is 5.20. The number of furan rings is 1. The number of rotatable bonds is 2. The molecule has 3 heteroatoms. The molecule has 0 aliphatic rings. The minimum atomic E-state index is -0.706. The first-order valence-corrected chi connectivity index (χ1v) is 7.51. The monoisotopic (exact) mass is 306 g/mol. The summed E-state index contributed by atoms with van der Waals surface area (Å²) in [6.45, 7) is 3.69. The summed E-state index contributed by atoms with van der Waals surface area (Å²) in [5.74, 6) is -1.03. The maximum absolute atomic E-state index is 13.5. The van der Waals surface area contributed by atoms with Crippen molar-refractivity contribution in [3.05, 3.63) is 66.1 Å². The van der Waals surface area contributed by atoms with Crippen LogP contribution in [-0.4, -0.2) is 4.98 Å². The van der Waals surface area contributed by atoms with E-state index < -0.39 is 5.89 Å². The third kappa shape index (κ3) is 2.29. The van der Waals surface area contributed by atoms with Gasteiger partial charge in [0.25, 0.3) is 0 Å². The van der Waals surface area contributed by atoms with Crippen LogP contribution < -0.4 is 0 Å². The van der Waals surface area contributed by atoms with Crippen molar-refractivity contribution in [2.75, 3.05) is 0 Å². The number of nitrogens with zero attached hydrogens (tertiary/aromatic N) is 1. The van der Waals surface area contributed by atoms with Crippen molar-refractivity contribution in [1.29, 1.82) is 0 Å². The van der Waals surface area contributed by atoms with E-state index in [0.717, 1.165) is 27.6 Å². The Morgan fingerprint density at radius 3 is 2.78 bits per heavy atom. The van der Waals surface area contributed by atoms with Crippen LogP contribution in [0.5, 0.6) is 0 Å². The molecule has 0 saturated heterocycles. The molecule has 0 bridgehead atoms. The number of aromatic nitrogens is 1. The molecule has 0 radical (unpaired) electrons. The van der Waals surface area contributed by atoms with Gasteiger partial charge in [0.1, 0.15) is 17.0 Å². The largest absolute Gasteiger partial charge is 0.455 e. The highest BCUT2D eigenvalue weighted by Crippen LogP contribution is 2.35. The molecule has 2 aromatic carbocycles. The molecule has 0 N–H and O–H groups in total. The van der Waals surface area contributed by atoms with E-state index in [9.17, 15) is 4.39 Å². The number of fused-ring (bicyclic) bond motifs is 3. The van der Waals surface area contributed by atoms with Crippen LogP contribution in [0.2, 0.25) is 0 Å². The minimum Gasteiger partial charge on any atom is -0.455 e. The van der Waals surface area contributed by atoms with Gasteiger partial charge in [0.2, 0.25) is 0 Å². The van der Waals surface area contributed by atoms with Crippen molar-refractivity contribution >= 4 is 21.9 Å². The summed E-state index contributed by atoms with van der Waals surface area (Å²) in [7, 11) is 0. The fourth-order valence-electron chi connectivity index (χ4n) is 2.86. The molecule has 114 valence electrons. The van der Waals surface area contributed by atoms with E-state index in [1.54, 1.807) is 12.3 Å². The Morgan fingerprint density at radius 1 is 1.09 bits per heavy atom. The van der Waals surface area contributed by atoms with Crippen molar-refractivity contribution in [2.24, 2.45) is 0 Å². The summed E-state index contributed by atoms with van der Waals surface area (Å²) in [5.41, 5.74) is 3.68. The topological polar surface area (TPSA) is 26.0 Å². The van der Waals surface area contributed by atoms with Gasteiger partial charge in [-0.3, -0.25) is 4.98 Å². The van der Waals surface area contributed by atoms with E-state index in [2.05, 4.69) is 4.98 Å². The Balaban J connectivity index is 1.99. The average molecular weight is 306 g/mol. The Hall–Kier alpha value is -2.68. The molecule has 0 fully saturated rings. The molecule has 2 nitrogen and oxygen atoms in total. The van der Waals surface area contributed by atoms with Crippen LogP contribution in [-0.2, 0) is 0 Å². The Labute approximate surface area is 135 Å². The predicted molar refractivity (Wildman–Crippen MR) is 91.0 cm³/mol. The Bertz CT molecular complexity index is 1060. The number of hydrogen-bond acceptors (Lipinski definition) is 2. The van der Waals surface area contributed by atoms with Crippen LogP contribution in [0.25, 0.3) is 33.2 Å². The minimum absolute atomic E-state index is 0.320. The fraction of sp³-hybridized carbons (Fsp3) is 0.150. The van der Waals surface area contributed by atoms with Gasteiger partial charge < -0.3 is 4.42 Å². The van der Waals surface area contributed by atoms with Crippen LogP contribution in [0.1, 0.15) is 26.7 Å². The van der Waals surface area contributed by atoms with Crippen LogP contribution in [0.4, 0.5) is 4.39 Å². The van der Waals surface area contributed by atoms with Gasteiger partial charge in [-0.15, -0.1) is 0 Å². The first-order valence-electron chi connectivity index (χ1n) is 8.01. The van der Waals surface area contributed by atoms with Gasteiger partial charge in [-0.1, -0.05) is 26.0 Å². The molecule has 0 unspecified atom stereocenters. The maximum atomic E-state index is 13.5. The SMILES string of the molecule is [2H]C(C)(C)c1ccnc(-c2cccc3c2oc2cc(F)ccc23)c1. The van der Waals surface area contributed by atoms with Crippen LogP contribution in [0.3, 0.4) is 0 Å². The first kappa shape index (κ1) is 12.8. The normalized spacial score (nSPS) is 12.7. The van der Waals surface area contributed by atoms with Gasteiger partial charge in [0.05, 0.1) is 5.69 Å². The first-order chi connectivity index (χ1) is 11.4. The fourth-order valence-corrected chi connectivity index (χ4v) is 2.86. The molecule has 0 spiro atoms. The zero-order valence-electron chi connectivity index (χ0n) is 13.9. The lowest BCUT2D eigenvalue weighted by molar-refractivity contribution is 0.618. The smallest absolute Gasteiger partial charge is 0.144 e. The summed E-state index contributed by atoms with van der Waals surface area (Å²) < 4.78 is 27.6. The quantitative estimate of drug-likeness (QED) is 0.460. The van der Waals surface area contributed by atoms with E-state index in [-0.39, 0.29) is 5.82 Å². The van der Waals surface area contributed by atoms with Gasteiger partial charge in [0, 0.05) is 30.0 Å². The summed E-state index contributed by atoms with van der Waals surface area (Å²) in [6, 6.07) is 14.2. The molecule has 23 heavy (non-hydrogen) atoms. The summed E-state index contributed by atoms with van der Waals surface area (Å²) in [5, 5.41) is 1.81. The van der Waals surface area contributed by atoms with E-state index >= 15 is 0 Å². The summed E-state index contributed by atoms with van der Waals surface area (Å²) >= 11 is 0. The van der Waals surface area contributed by atoms with Gasteiger partial charge in [-0.05, 0) is 41.8 Å². The van der Waals surface area contributed by atoms with E-state index in [0.29, 0.717) is 11.2 Å². The van der Waals surface area contributed by atoms with E-state index in [4.69, 9.17) is 5.79 Å². The van der Waals surface area contributed by atoms with Crippen molar-refractivity contribution < 1.29 is 10.2 Å². The van der Waals surface area contributed by atoms with Gasteiger partial charge in [-0.25, -0.2) is 4.39 Å². The Morgan fingerprint density at radius 2 is 1.96 bits per heavy atom. The molecule has 4 rings (SSSR count). The molecule has 0 aliphatic heterocycles. The number of hydrogen-bond donors (Lipinski definition) is 0. The third-order valence-corrected chi connectivity index (χ3v) is 4.07. The van der Waals surface area contributed by atoms with Crippen molar-refractivity contribution in [3.63, 3.8) is 0 Å². The lowest BCUT2D eigenvalue weighted by Crippen LogP contribution is -1.90. The molecule has 0 amide bonds. The van der Waals surface area contributed by atoms with Crippen molar-refractivity contribution in [1.82, 2.24) is 4.98 Å². The van der Waals surface area contributed by atoms with Crippen LogP contribution in [0, 0.1) is 5.82 Å². The van der Waals surface area contributed by atoms with E-state index in [1.807, 2.05) is 44.2 Å². The van der Waals surface area contributed by atoms with Gasteiger partial charge in [-0.2, -0.15) is 0 Å². The summed E-state index contributed by atoms with van der Waals surface area (Å²) in [6.07, 6.45) is 1.71. The third-order valence-electron chi connectivity index (χ3n) is 4.07. The van der Waals surface area contributed by atoms with Crippen molar-refractivity contribution in [2.45, 2.75) is 19.7 Å². The van der Waals surface area contributed by atoms with Crippen molar-refractivity contribution in [3.8, 4) is 11.3 Å². The highest BCUT2D eigenvalue weighted by Gasteiger charge is 2.14. The average Bonchev–Trinajstić information content (AvgIpc) is 2.91. The predicted octanol–water partition coefficient (Wildman–Crippen LogP) is 5.91. The second-order valence-corrected chi connectivity index (χ2v) is 5.85. The molecular weight excluding hydrogens is 289 g/mol. The highest BCUT2D eigenvalue weighted by molar-refractivity contribution is 6.09. The molecule has 2 aromatic heterocycles. The van der Waals surface area contributed by atoms with Crippen LogP contribution in [0.15, 0.2) is 59.1 Å². The number of halogens is 1. The molecule has 0 atom stereocenters. The lowest BCUT2D eigenvalue weighted by atomic mass is 10.0. The molecule has 0 saturated carbocycles.